The zero-order chi connectivity index (χ0) is 21.9. The van der Waals surface area contributed by atoms with Gasteiger partial charge in [-0.3, -0.25) is 4.79 Å². The van der Waals surface area contributed by atoms with E-state index < -0.39 is 22.7 Å². The van der Waals surface area contributed by atoms with Gasteiger partial charge in [0, 0.05) is 18.2 Å². The second-order valence-electron chi connectivity index (χ2n) is 7.28. The summed E-state index contributed by atoms with van der Waals surface area (Å²) in [5.41, 5.74) is 1.80. The van der Waals surface area contributed by atoms with Gasteiger partial charge in [-0.2, -0.15) is 13.2 Å². The largest absolute Gasteiger partial charge is 0.508 e. The number of halogens is 4. The summed E-state index contributed by atoms with van der Waals surface area (Å²) in [5.74, 6) is -0.403. The SMILES string of the molecule is Cc1cc(O)cc(C)c1C[C@@H](CNC(=O)c1ccc(Cl)c(C(F)(F)F)c1)N(C)C. The van der Waals surface area contributed by atoms with E-state index in [4.69, 9.17) is 11.6 Å². The van der Waals surface area contributed by atoms with Crippen molar-refractivity contribution in [2.24, 2.45) is 0 Å². The van der Waals surface area contributed by atoms with Crippen LogP contribution < -0.4 is 5.32 Å². The smallest absolute Gasteiger partial charge is 0.417 e. The number of alkyl halides is 3. The molecule has 2 N–H and O–H groups in total. The number of aryl methyl sites for hydroxylation is 2. The highest BCUT2D eigenvalue weighted by Crippen LogP contribution is 2.35. The molecule has 1 amide bonds. The lowest BCUT2D eigenvalue weighted by atomic mass is 9.95. The average molecular weight is 429 g/mol. The number of phenolic OH excluding ortho intramolecular Hbond substituents is 1. The van der Waals surface area contributed by atoms with E-state index in [0.29, 0.717) is 6.42 Å². The Labute approximate surface area is 173 Å². The molecule has 1 atom stereocenters. The molecule has 2 rings (SSSR count). The molecule has 8 heteroatoms. The zero-order valence-corrected chi connectivity index (χ0v) is 17.4. The van der Waals surface area contributed by atoms with Crippen LogP contribution in [0.2, 0.25) is 5.02 Å². The molecule has 0 bridgehead atoms. The van der Waals surface area contributed by atoms with E-state index in [1.54, 1.807) is 12.1 Å². The summed E-state index contributed by atoms with van der Waals surface area (Å²) in [4.78, 5) is 14.4. The number of rotatable bonds is 6. The molecule has 0 aliphatic heterocycles. The number of nitrogens with zero attached hydrogens (tertiary/aromatic N) is 1. The molecule has 0 heterocycles. The fourth-order valence-electron chi connectivity index (χ4n) is 3.16. The van der Waals surface area contributed by atoms with Crippen molar-refractivity contribution < 1.29 is 23.1 Å². The third-order valence-electron chi connectivity index (χ3n) is 4.88. The number of nitrogens with one attached hydrogen (secondary N) is 1. The molecule has 0 aliphatic carbocycles. The lowest BCUT2D eigenvalue weighted by Crippen LogP contribution is -2.42. The summed E-state index contributed by atoms with van der Waals surface area (Å²) in [6.07, 6.45) is -4.02. The van der Waals surface area contributed by atoms with E-state index >= 15 is 0 Å². The van der Waals surface area contributed by atoms with E-state index in [1.165, 1.54) is 6.07 Å². The fraction of sp³-hybridized carbons (Fsp3) is 0.381. The Morgan fingerprint density at radius 3 is 2.28 bits per heavy atom. The number of carbonyl (C=O) groups excluding carboxylic acids is 1. The number of aromatic hydroxyl groups is 1. The van der Waals surface area contributed by atoms with Crippen LogP contribution in [-0.2, 0) is 12.6 Å². The van der Waals surface area contributed by atoms with Gasteiger partial charge in [-0.1, -0.05) is 11.6 Å². The van der Waals surface area contributed by atoms with E-state index in [9.17, 15) is 23.1 Å². The highest BCUT2D eigenvalue weighted by molar-refractivity contribution is 6.31. The highest BCUT2D eigenvalue weighted by Gasteiger charge is 2.33. The molecular formula is C21H24ClF3N2O2. The maximum atomic E-state index is 13.0. The normalized spacial score (nSPS) is 12.9. The van der Waals surface area contributed by atoms with Crippen LogP contribution in [0.5, 0.6) is 5.75 Å². The van der Waals surface area contributed by atoms with Crippen LogP contribution in [0.25, 0.3) is 0 Å². The predicted octanol–water partition coefficient (Wildman–Crippen LogP) is 4.58. The number of hydrogen-bond donors (Lipinski definition) is 2. The molecular weight excluding hydrogens is 405 g/mol. The predicted molar refractivity (Wildman–Crippen MR) is 108 cm³/mol. The van der Waals surface area contributed by atoms with Gasteiger partial charge in [0.05, 0.1) is 10.6 Å². The van der Waals surface area contributed by atoms with Gasteiger partial charge in [-0.15, -0.1) is 0 Å². The molecule has 2 aromatic carbocycles. The molecule has 0 radical (unpaired) electrons. The van der Waals surface area contributed by atoms with Gasteiger partial charge < -0.3 is 15.3 Å². The van der Waals surface area contributed by atoms with Gasteiger partial charge in [-0.25, -0.2) is 0 Å². The van der Waals surface area contributed by atoms with Crippen molar-refractivity contribution in [2.45, 2.75) is 32.5 Å². The summed E-state index contributed by atoms with van der Waals surface area (Å²) in [6.45, 7) is 4.05. The second-order valence-corrected chi connectivity index (χ2v) is 7.69. The molecule has 2 aromatic rings. The lowest BCUT2D eigenvalue weighted by molar-refractivity contribution is -0.137. The Hall–Kier alpha value is -2.25. The van der Waals surface area contributed by atoms with E-state index in [1.807, 2.05) is 32.8 Å². The monoisotopic (exact) mass is 428 g/mol. The number of carbonyl (C=O) groups is 1. The minimum Gasteiger partial charge on any atom is -0.508 e. The summed E-state index contributed by atoms with van der Waals surface area (Å²) in [5, 5.41) is 12.0. The van der Waals surface area contributed by atoms with Crippen LogP contribution in [0.15, 0.2) is 30.3 Å². The minimum atomic E-state index is -4.63. The van der Waals surface area contributed by atoms with Crippen LogP contribution in [0, 0.1) is 13.8 Å². The van der Waals surface area contributed by atoms with Crippen molar-refractivity contribution in [3.63, 3.8) is 0 Å². The molecule has 158 valence electrons. The summed E-state index contributed by atoms with van der Waals surface area (Å²) in [6, 6.07) is 6.38. The summed E-state index contributed by atoms with van der Waals surface area (Å²) < 4.78 is 39.1. The molecule has 0 aromatic heterocycles. The number of likely N-dealkylation sites (N-methyl/N-ethyl adjacent to an activating group) is 1. The van der Waals surface area contributed by atoms with Crippen molar-refractivity contribution in [2.75, 3.05) is 20.6 Å². The standard InChI is InChI=1S/C21H24ClF3N2O2/c1-12-7-16(28)8-13(2)17(12)10-15(27(3)4)11-26-20(29)14-5-6-19(22)18(9-14)21(23,24)25/h5-9,15,28H,10-11H2,1-4H3,(H,26,29)/t15-/m0/s1. The van der Waals surface area contributed by atoms with Crippen molar-refractivity contribution in [1.82, 2.24) is 10.2 Å². The first kappa shape index (κ1) is 23.0. The molecule has 0 unspecified atom stereocenters. The van der Waals surface area contributed by atoms with Gasteiger partial charge >= 0.3 is 6.18 Å². The van der Waals surface area contributed by atoms with Gasteiger partial charge in [0.2, 0.25) is 0 Å². The van der Waals surface area contributed by atoms with Crippen LogP contribution >= 0.6 is 11.6 Å². The number of hydrogen-bond acceptors (Lipinski definition) is 3. The van der Waals surface area contributed by atoms with Crippen molar-refractivity contribution >= 4 is 17.5 Å². The number of benzene rings is 2. The van der Waals surface area contributed by atoms with E-state index in [2.05, 4.69) is 5.32 Å². The Kier molecular flexibility index (Phi) is 7.19. The van der Waals surface area contributed by atoms with E-state index in [-0.39, 0.29) is 23.9 Å². The molecule has 0 aliphatic rings. The van der Waals surface area contributed by atoms with Crippen molar-refractivity contribution in [1.29, 1.82) is 0 Å². The Bertz CT molecular complexity index is 875. The van der Waals surface area contributed by atoms with Gasteiger partial charge in [0.1, 0.15) is 5.75 Å². The fourth-order valence-corrected chi connectivity index (χ4v) is 3.39. The molecule has 0 spiro atoms. The first-order valence-corrected chi connectivity index (χ1v) is 9.38. The van der Waals surface area contributed by atoms with Gasteiger partial charge in [0.15, 0.2) is 0 Å². The summed E-state index contributed by atoms with van der Waals surface area (Å²) >= 11 is 5.61. The lowest BCUT2D eigenvalue weighted by Gasteiger charge is -2.26. The van der Waals surface area contributed by atoms with Gasteiger partial charge in [-0.05, 0) is 81.4 Å². The first-order chi connectivity index (χ1) is 13.4. The summed E-state index contributed by atoms with van der Waals surface area (Å²) in [7, 11) is 3.73. The Morgan fingerprint density at radius 1 is 1.17 bits per heavy atom. The minimum absolute atomic E-state index is 0.0877. The van der Waals surface area contributed by atoms with Crippen LogP contribution in [0.4, 0.5) is 13.2 Å². The number of amides is 1. The Balaban J connectivity index is 2.15. The highest BCUT2D eigenvalue weighted by atomic mass is 35.5. The molecule has 29 heavy (non-hydrogen) atoms. The second kappa shape index (κ2) is 9.05. The van der Waals surface area contributed by atoms with E-state index in [0.717, 1.165) is 28.8 Å². The van der Waals surface area contributed by atoms with Crippen LogP contribution in [0.3, 0.4) is 0 Å². The molecule has 4 nitrogen and oxygen atoms in total. The average Bonchev–Trinajstić information content (AvgIpc) is 2.59. The maximum absolute atomic E-state index is 13.0. The van der Waals surface area contributed by atoms with Gasteiger partial charge in [0.25, 0.3) is 5.91 Å². The third-order valence-corrected chi connectivity index (χ3v) is 5.21. The van der Waals surface area contributed by atoms with Crippen molar-refractivity contribution in [3.05, 3.63) is 63.2 Å². The topological polar surface area (TPSA) is 52.6 Å². The Morgan fingerprint density at radius 2 is 1.76 bits per heavy atom. The van der Waals surface area contributed by atoms with Crippen molar-refractivity contribution in [3.8, 4) is 5.75 Å². The van der Waals surface area contributed by atoms with Crippen LogP contribution in [-0.4, -0.2) is 42.6 Å². The molecule has 0 saturated carbocycles. The molecule has 0 fully saturated rings. The van der Waals surface area contributed by atoms with Crippen LogP contribution in [0.1, 0.15) is 32.6 Å². The third kappa shape index (κ3) is 5.87. The quantitative estimate of drug-likeness (QED) is 0.708. The first-order valence-electron chi connectivity index (χ1n) is 9.00. The number of phenols is 1. The maximum Gasteiger partial charge on any atom is 0.417 e. The zero-order valence-electron chi connectivity index (χ0n) is 16.7. The molecule has 0 saturated heterocycles.